The van der Waals surface area contributed by atoms with Crippen LogP contribution >= 0.6 is 0 Å². The van der Waals surface area contributed by atoms with Crippen LogP contribution in [-0.2, 0) is 0 Å². The summed E-state index contributed by atoms with van der Waals surface area (Å²) in [5, 5.41) is 0. The minimum absolute atomic E-state index is 0.644. The summed E-state index contributed by atoms with van der Waals surface area (Å²) in [6.07, 6.45) is 7.06. The molecule has 0 aromatic heterocycles. The fourth-order valence-corrected chi connectivity index (χ4v) is 1.32. The first-order valence-corrected chi connectivity index (χ1v) is 4.99. The number of para-hydroxylation sites is 1. The van der Waals surface area contributed by atoms with E-state index in [2.05, 4.69) is 6.58 Å². The van der Waals surface area contributed by atoms with E-state index < -0.39 is 0 Å². The Morgan fingerprint density at radius 3 is 2.69 bits per heavy atom. The molecule has 3 heteroatoms. The van der Waals surface area contributed by atoms with Gasteiger partial charge in [-0.1, -0.05) is 53.9 Å². The van der Waals surface area contributed by atoms with Crippen LogP contribution < -0.4 is 10.4 Å². The Labute approximate surface area is 100.0 Å². The molecule has 0 aliphatic heterocycles. The predicted octanol–water partition coefficient (Wildman–Crippen LogP) is 1.67. The lowest BCUT2D eigenvalue weighted by molar-refractivity contribution is 1.21. The van der Waals surface area contributed by atoms with Crippen molar-refractivity contribution in [3.63, 3.8) is 0 Å². The maximum absolute atomic E-state index is 5.85. The Morgan fingerprint density at radius 2 is 2.06 bits per heavy atom. The molecule has 0 amide bonds. The van der Waals surface area contributed by atoms with Crippen LogP contribution in [0.3, 0.4) is 0 Å². The van der Waals surface area contributed by atoms with Crippen LogP contribution in [0.2, 0.25) is 0 Å². The van der Waals surface area contributed by atoms with Gasteiger partial charge in [-0.05, 0) is 12.3 Å². The van der Waals surface area contributed by atoms with Crippen molar-refractivity contribution in [1.29, 1.82) is 0 Å². The van der Waals surface area contributed by atoms with Crippen LogP contribution in [0, 0.1) is 0 Å². The van der Waals surface area contributed by atoms with Crippen molar-refractivity contribution in [2.45, 2.75) is 0 Å². The highest BCUT2D eigenvalue weighted by molar-refractivity contribution is 6.36. The summed E-state index contributed by atoms with van der Waals surface area (Å²) >= 11 is 0. The number of hydrogen-bond acceptors (Lipinski definition) is 1. The van der Waals surface area contributed by atoms with Crippen molar-refractivity contribution in [1.82, 2.24) is 0 Å². The van der Waals surface area contributed by atoms with Gasteiger partial charge in [-0.2, -0.15) is 0 Å². The Balaban J connectivity index is 2.87. The maximum atomic E-state index is 5.85. The third-order valence-electron chi connectivity index (χ3n) is 2.08. The lowest BCUT2D eigenvalue weighted by Gasteiger charge is -2.18. The second kappa shape index (κ2) is 6.06. The first-order valence-electron chi connectivity index (χ1n) is 4.99. The van der Waals surface area contributed by atoms with Crippen molar-refractivity contribution in [2.24, 2.45) is 0 Å². The molecule has 16 heavy (non-hydrogen) atoms. The van der Waals surface area contributed by atoms with Gasteiger partial charge in [0.25, 0.3) is 0 Å². The van der Waals surface area contributed by atoms with E-state index in [-0.39, 0.29) is 0 Å². The summed E-state index contributed by atoms with van der Waals surface area (Å²) < 4.78 is 0. The van der Waals surface area contributed by atoms with Gasteiger partial charge in [0.1, 0.15) is 15.7 Å². The van der Waals surface area contributed by atoms with Gasteiger partial charge in [0.2, 0.25) is 0 Å². The highest BCUT2D eigenvalue weighted by Crippen LogP contribution is 2.09. The van der Waals surface area contributed by atoms with E-state index in [1.807, 2.05) is 42.4 Å². The summed E-state index contributed by atoms with van der Waals surface area (Å²) in [5.74, 6) is 0. The average molecular weight is 205 g/mol. The smallest absolute Gasteiger partial charge is 0.116 e. The van der Waals surface area contributed by atoms with Crippen molar-refractivity contribution < 1.29 is 0 Å². The topological polar surface area (TPSA) is 3.24 Å². The highest BCUT2D eigenvalue weighted by atomic mass is 15.1. The molecular formula is C13H13B2N. The number of allylic oxidation sites excluding steroid dienone is 4. The Hall–Kier alpha value is -1.63. The zero-order valence-corrected chi connectivity index (χ0v) is 9.43. The molecule has 0 atom stereocenters. The molecule has 0 spiro atoms. The lowest BCUT2D eigenvalue weighted by atomic mass is 9.93. The van der Waals surface area contributed by atoms with E-state index >= 15 is 0 Å². The summed E-state index contributed by atoms with van der Waals surface area (Å²) in [7, 11) is 13.5. The zero-order chi connectivity index (χ0) is 12.0. The van der Waals surface area contributed by atoms with Crippen molar-refractivity contribution in [2.75, 3.05) is 11.9 Å². The summed E-state index contributed by atoms with van der Waals surface area (Å²) in [5.41, 5.74) is 2.30. The zero-order valence-electron chi connectivity index (χ0n) is 9.43. The molecule has 0 saturated heterocycles. The van der Waals surface area contributed by atoms with Crippen LogP contribution in [0.1, 0.15) is 0 Å². The van der Waals surface area contributed by atoms with Crippen LogP contribution in [0.15, 0.2) is 60.7 Å². The summed E-state index contributed by atoms with van der Waals surface area (Å²) in [6.45, 7) is 3.58. The first-order chi connectivity index (χ1) is 7.65. The normalized spacial score (nSPS) is 11.7. The third kappa shape index (κ3) is 3.50. The fraction of sp³-hybridized carbons (Fsp3) is 0.0769. The summed E-state index contributed by atoms with van der Waals surface area (Å²) in [6, 6.07) is 7.63. The van der Waals surface area contributed by atoms with Crippen LogP contribution in [0.25, 0.3) is 0 Å². The number of anilines is 1. The Morgan fingerprint density at radius 1 is 1.38 bits per heavy atom. The van der Waals surface area contributed by atoms with Gasteiger partial charge < -0.3 is 4.90 Å². The number of benzene rings is 1. The van der Waals surface area contributed by atoms with Gasteiger partial charge in [-0.25, -0.2) is 0 Å². The molecule has 76 valence electrons. The Bertz CT molecular complexity index is 422. The van der Waals surface area contributed by atoms with Crippen molar-refractivity contribution in [3.8, 4) is 0 Å². The fourth-order valence-electron chi connectivity index (χ4n) is 1.32. The first kappa shape index (κ1) is 12.4. The third-order valence-corrected chi connectivity index (χ3v) is 2.08. The van der Waals surface area contributed by atoms with E-state index in [4.69, 9.17) is 15.7 Å². The van der Waals surface area contributed by atoms with E-state index in [1.54, 1.807) is 18.2 Å². The van der Waals surface area contributed by atoms with E-state index in [0.717, 1.165) is 11.2 Å². The molecule has 0 heterocycles. The molecule has 0 saturated carbocycles. The molecular weight excluding hydrogens is 192 g/mol. The number of nitrogens with zero attached hydrogens (tertiary/aromatic N) is 1. The maximum Gasteiger partial charge on any atom is 0.116 e. The van der Waals surface area contributed by atoms with Gasteiger partial charge in [0, 0.05) is 12.7 Å². The molecule has 0 N–H and O–H groups in total. The van der Waals surface area contributed by atoms with Crippen LogP contribution in [-0.4, -0.2) is 22.7 Å². The lowest BCUT2D eigenvalue weighted by Crippen LogP contribution is -2.18. The monoisotopic (exact) mass is 205 g/mol. The highest BCUT2D eigenvalue weighted by Gasteiger charge is 1.99. The quantitative estimate of drug-likeness (QED) is 0.533. The van der Waals surface area contributed by atoms with Crippen LogP contribution in [0.5, 0.6) is 0 Å². The minimum atomic E-state index is 0.644. The molecule has 1 aromatic carbocycles. The number of rotatable bonds is 4. The standard InChI is InChI=1S/C13H13B2N/c1-3-4-7-11(14)10-16(2)13-9-6-5-8-12(13)15/h3-10H,1H2,2H3/b7-4-,11-10-. The molecule has 1 aromatic rings. The van der Waals surface area contributed by atoms with Gasteiger partial charge >= 0.3 is 0 Å². The van der Waals surface area contributed by atoms with Crippen molar-refractivity contribution >= 4 is 26.8 Å². The molecule has 0 fully saturated rings. The molecule has 1 nitrogen and oxygen atoms in total. The average Bonchev–Trinajstić information content (AvgIpc) is 2.26. The minimum Gasteiger partial charge on any atom is -0.352 e. The Kier molecular flexibility index (Phi) is 4.71. The molecule has 0 aliphatic carbocycles. The second-order valence-corrected chi connectivity index (χ2v) is 3.39. The van der Waals surface area contributed by atoms with Gasteiger partial charge in [0.05, 0.1) is 0 Å². The van der Waals surface area contributed by atoms with Gasteiger partial charge in [-0.15, -0.1) is 0 Å². The number of hydrogen-bond donors (Lipinski definition) is 0. The van der Waals surface area contributed by atoms with Crippen LogP contribution in [0.4, 0.5) is 5.69 Å². The molecule has 4 radical (unpaired) electrons. The molecule has 0 bridgehead atoms. The molecule has 0 unspecified atom stereocenters. The summed E-state index contributed by atoms with van der Waals surface area (Å²) in [4.78, 5) is 1.89. The largest absolute Gasteiger partial charge is 0.352 e. The SMILES string of the molecule is [B]C(/C=C\C=C)=C\N(C)c1ccccc1[B]. The predicted molar refractivity (Wildman–Crippen MR) is 73.4 cm³/mol. The second-order valence-electron chi connectivity index (χ2n) is 3.39. The van der Waals surface area contributed by atoms with E-state index in [0.29, 0.717) is 5.47 Å². The van der Waals surface area contributed by atoms with Gasteiger partial charge in [-0.3, -0.25) is 0 Å². The molecule has 1 rings (SSSR count). The van der Waals surface area contributed by atoms with E-state index in [9.17, 15) is 0 Å². The van der Waals surface area contributed by atoms with Crippen molar-refractivity contribution in [3.05, 3.63) is 60.7 Å². The van der Waals surface area contributed by atoms with Gasteiger partial charge in [0.15, 0.2) is 0 Å². The van der Waals surface area contributed by atoms with E-state index in [1.165, 1.54) is 0 Å². The molecule has 0 aliphatic rings.